The van der Waals surface area contributed by atoms with Crippen LogP contribution in [0, 0.1) is 5.92 Å². The van der Waals surface area contributed by atoms with Crippen molar-refractivity contribution >= 4 is 34.2 Å². The number of nitrogens with zero attached hydrogens (tertiary/aromatic N) is 2. The second-order valence-electron chi connectivity index (χ2n) is 4.77. The number of rotatable bonds is 3. The van der Waals surface area contributed by atoms with E-state index in [1.54, 1.807) is 0 Å². The summed E-state index contributed by atoms with van der Waals surface area (Å²) in [6.45, 7) is 2.98. The lowest BCUT2D eigenvalue weighted by Crippen LogP contribution is -2.05. The highest BCUT2D eigenvalue weighted by atomic mass is 35.5. The van der Waals surface area contributed by atoms with Gasteiger partial charge in [-0.3, -0.25) is 0 Å². The molecule has 0 aliphatic heterocycles. The van der Waals surface area contributed by atoms with Crippen molar-refractivity contribution in [2.45, 2.75) is 31.7 Å². The average Bonchev–Trinajstić information content (AvgIpc) is 3.01. The number of aromatic nitrogens is 2. The third-order valence-corrected chi connectivity index (χ3v) is 3.66. The summed E-state index contributed by atoms with van der Waals surface area (Å²) in [5, 5.41) is 0.683. The van der Waals surface area contributed by atoms with Crippen molar-refractivity contribution < 1.29 is 0 Å². The molecule has 17 heavy (non-hydrogen) atoms. The SMILES string of the molecule is CC(Cl)c1nc2ccc(Cl)cc2n1CC1CC1. The quantitative estimate of drug-likeness (QED) is 0.755. The van der Waals surface area contributed by atoms with Gasteiger partial charge in [0.1, 0.15) is 5.82 Å². The monoisotopic (exact) mass is 268 g/mol. The Morgan fingerprint density at radius 1 is 1.47 bits per heavy atom. The molecule has 2 aromatic rings. The Balaban J connectivity index is 2.16. The smallest absolute Gasteiger partial charge is 0.127 e. The van der Waals surface area contributed by atoms with Crippen LogP contribution in [-0.2, 0) is 6.54 Å². The molecular formula is C13H14Cl2N2. The molecule has 1 fully saturated rings. The average molecular weight is 269 g/mol. The first-order valence-corrected chi connectivity index (χ1v) is 6.76. The van der Waals surface area contributed by atoms with Crippen LogP contribution in [0.4, 0.5) is 0 Å². The Bertz CT molecular complexity index is 556. The fourth-order valence-corrected chi connectivity index (χ4v) is 2.50. The molecule has 0 bridgehead atoms. The second-order valence-corrected chi connectivity index (χ2v) is 5.86. The zero-order valence-corrected chi connectivity index (χ0v) is 11.2. The highest BCUT2D eigenvalue weighted by Gasteiger charge is 2.25. The fourth-order valence-electron chi connectivity index (χ4n) is 2.17. The van der Waals surface area contributed by atoms with Gasteiger partial charge in [0, 0.05) is 11.6 Å². The minimum atomic E-state index is -0.0695. The molecule has 90 valence electrons. The van der Waals surface area contributed by atoms with Crippen LogP contribution in [0.15, 0.2) is 18.2 Å². The van der Waals surface area contributed by atoms with Crippen LogP contribution in [0.1, 0.15) is 31.0 Å². The van der Waals surface area contributed by atoms with Gasteiger partial charge >= 0.3 is 0 Å². The van der Waals surface area contributed by atoms with Crippen LogP contribution < -0.4 is 0 Å². The van der Waals surface area contributed by atoms with Crippen molar-refractivity contribution in [2.24, 2.45) is 5.92 Å². The van der Waals surface area contributed by atoms with Gasteiger partial charge in [0.15, 0.2) is 0 Å². The number of imidazole rings is 1. The number of benzene rings is 1. The molecule has 0 N–H and O–H groups in total. The lowest BCUT2D eigenvalue weighted by atomic mass is 10.3. The molecule has 3 rings (SSSR count). The number of hydrogen-bond donors (Lipinski definition) is 0. The van der Waals surface area contributed by atoms with E-state index in [1.807, 2.05) is 25.1 Å². The predicted octanol–water partition coefficient (Wildman–Crippen LogP) is 4.40. The standard InChI is InChI=1S/C13H14Cl2N2/c1-8(14)13-16-11-5-4-10(15)6-12(11)17(13)7-9-2-3-9/h4-6,8-9H,2-3,7H2,1H3. The molecule has 0 saturated heterocycles. The van der Waals surface area contributed by atoms with Gasteiger partial charge in [0.05, 0.1) is 16.4 Å². The molecule has 1 atom stereocenters. The maximum atomic E-state index is 6.21. The van der Waals surface area contributed by atoms with E-state index in [9.17, 15) is 0 Å². The van der Waals surface area contributed by atoms with Crippen LogP contribution in [-0.4, -0.2) is 9.55 Å². The van der Waals surface area contributed by atoms with Gasteiger partial charge < -0.3 is 4.57 Å². The summed E-state index contributed by atoms with van der Waals surface area (Å²) in [5.74, 6) is 1.75. The molecule has 1 unspecified atom stereocenters. The zero-order valence-electron chi connectivity index (χ0n) is 9.66. The van der Waals surface area contributed by atoms with Gasteiger partial charge in [-0.05, 0) is 43.9 Å². The van der Waals surface area contributed by atoms with Crippen LogP contribution in [0.5, 0.6) is 0 Å². The Labute approximate surface area is 111 Å². The molecule has 0 radical (unpaired) electrons. The van der Waals surface area contributed by atoms with E-state index < -0.39 is 0 Å². The maximum Gasteiger partial charge on any atom is 0.127 e. The third kappa shape index (κ3) is 2.16. The molecule has 1 saturated carbocycles. The normalized spacial score (nSPS) is 17.6. The molecular weight excluding hydrogens is 255 g/mol. The topological polar surface area (TPSA) is 17.8 Å². The van der Waals surface area contributed by atoms with E-state index in [-0.39, 0.29) is 5.38 Å². The van der Waals surface area contributed by atoms with Crippen LogP contribution >= 0.6 is 23.2 Å². The molecule has 1 aromatic carbocycles. The zero-order chi connectivity index (χ0) is 12.0. The lowest BCUT2D eigenvalue weighted by Gasteiger charge is -2.09. The Morgan fingerprint density at radius 3 is 2.88 bits per heavy atom. The second kappa shape index (κ2) is 4.18. The lowest BCUT2D eigenvalue weighted by molar-refractivity contribution is 0.610. The molecule has 1 aromatic heterocycles. The Kier molecular flexibility index (Phi) is 2.80. The highest BCUT2D eigenvalue weighted by molar-refractivity contribution is 6.31. The van der Waals surface area contributed by atoms with Gasteiger partial charge in [0.2, 0.25) is 0 Å². The van der Waals surface area contributed by atoms with Crippen molar-refractivity contribution in [2.75, 3.05) is 0 Å². The summed E-state index contributed by atoms with van der Waals surface area (Å²) in [6.07, 6.45) is 2.63. The molecule has 2 nitrogen and oxygen atoms in total. The summed E-state index contributed by atoms with van der Waals surface area (Å²) in [7, 11) is 0. The number of hydrogen-bond acceptors (Lipinski definition) is 1. The van der Waals surface area contributed by atoms with Gasteiger partial charge in [-0.2, -0.15) is 0 Å². The molecule has 0 amide bonds. The number of halogens is 2. The van der Waals surface area contributed by atoms with Crippen LogP contribution in [0.2, 0.25) is 5.02 Å². The van der Waals surface area contributed by atoms with Crippen molar-refractivity contribution in [3.8, 4) is 0 Å². The molecule has 0 spiro atoms. The van der Waals surface area contributed by atoms with Gasteiger partial charge in [0.25, 0.3) is 0 Å². The molecule has 4 heteroatoms. The van der Waals surface area contributed by atoms with Gasteiger partial charge in [-0.15, -0.1) is 11.6 Å². The van der Waals surface area contributed by atoms with E-state index in [1.165, 1.54) is 12.8 Å². The summed E-state index contributed by atoms with van der Waals surface area (Å²) in [6, 6.07) is 5.82. The Hall–Kier alpha value is -0.730. The largest absolute Gasteiger partial charge is 0.326 e. The first-order chi connectivity index (χ1) is 8.15. The number of alkyl halides is 1. The summed E-state index contributed by atoms with van der Waals surface area (Å²) < 4.78 is 2.23. The van der Waals surface area contributed by atoms with Crippen molar-refractivity contribution in [3.63, 3.8) is 0 Å². The van der Waals surface area contributed by atoms with Crippen LogP contribution in [0.25, 0.3) is 11.0 Å². The summed E-state index contributed by atoms with van der Waals surface area (Å²) in [5.41, 5.74) is 2.09. The van der Waals surface area contributed by atoms with E-state index in [0.717, 1.165) is 34.3 Å². The molecule has 1 aliphatic carbocycles. The Morgan fingerprint density at radius 2 is 2.24 bits per heavy atom. The third-order valence-electron chi connectivity index (χ3n) is 3.23. The van der Waals surface area contributed by atoms with Crippen LogP contribution in [0.3, 0.4) is 0 Å². The van der Waals surface area contributed by atoms with Gasteiger partial charge in [-0.1, -0.05) is 11.6 Å². The summed E-state index contributed by atoms with van der Waals surface area (Å²) in [4.78, 5) is 4.61. The first-order valence-electron chi connectivity index (χ1n) is 5.95. The fraction of sp³-hybridized carbons (Fsp3) is 0.462. The number of fused-ring (bicyclic) bond motifs is 1. The van der Waals surface area contributed by atoms with E-state index in [2.05, 4.69) is 9.55 Å². The highest BCUT2D eigenvalue weighted by Crippen LogP contribution is 2.34. The molecule has 1 aliphatic rings. The van der Waals surface area contributed by atoms with E-state index in [0.29, 0.717) is 0 Å². The van der Waals surface area contributed by atoms with Gasteiger partial charge in [-0.25, -0.2) is 4.98 Å². The first kappa shape index (κ1) is 11.4. The molecule has 1 heterocycles. The van der Waals surface area contributed by atoms with Crippen molar-refractivity contribution in [1.82, 2.24) is 9.55 Å². The summed E-state index contributed by atoms with van der Waals surface area (Å²) >= 11 is 12.3. The van der Waals surface area contributed by atoms with E-state index in [4.69, 9.17) is 23.2 Å². The minimum absolute atomic E-state index is 0.0695. The van der Waals surface area contributed by atoms with E-state index >= 15 is 0 Å². The van der Waals surface area contributed by atoms with Crippen molar-refractivity contribution in [1.29, 1.82) is 0 Å². The maximum absolute atomic E-state index is 6.21. The minimum Gasteiger partial charge on any atom is -0.326 e. The van der Waals surface area contributed by atoms with Crippen molar-refractivity contribution in [3.05, 3.63) is 29.0 Å². The predicted molar refractivity (Wildman–Crippen MR) is 71.7 cm³/mol.